The van der Waals surface area contributed by atoms with E-state index in [0.717, 1.165) is 28.1 Å². The van der Waals surface area contributed by atoms with Gasteiger partial charge in [-0.2, -0.15) is 4.98 Å². The summed E-state index contributed by atoms with van der Waals surface area (Å²) < 4.78 is 12.9. The lowest BCUT2D eigenvalue weighted by Gasteiger charge is -2.14. The van der Waals surface area contributed by atoms with Crippen LogP contribution in [0.1, 0.15) is 18.1 Å². The summed E-state index contributed by atoms with van der Waals surface area (Å²) in [6.45, 7) is 5.98. The number of hydrogen-bond donors (Lipinski definition) is 2. The Hall–Kier alpha value is -3.68. The Morgan fingerprint density at radius 3 is 2.43 bits per heavy atom. The fraction of sp³-hybridized carbons (Fsp3) is 0.286. The highest BCUT2D eigenvalue weighted by Crippen LogP contribution is 2.27. The van der Waals surface area contributed by atoms with Crippen molar-refractivity contribution in [2.45, 2.75) is 26.4 Å². The Labute approximate surface area is 206 Å². The molecule has 1 heterocycles. The maximum atomic E-state index is 10.4. The number of anilines is 1. The molecule has 1 atom stereocenters. The lowest BCUT2D eigenvalue weighted by atomic mass is 10.1. The Kier molecular flexibility index (Phi) is 8.48. The second-order valence-corrected chi connectivity index (χ2v) is 8.26. The van der Waals surface area contributed by atoms with E-state index in [1.165, 1.54) is 0 Å². The molecule has 7 heteroatoms. The van der Waals surface area contributed by atoms with Gasteiger partial charge < -0.3 is 19.9 Å². The molecule has 0 aliphatic rings. The van der Waals surface area contributed by atoms with Crippen LogP contribution < -0.4 is 10.1 Å². The third-order valence-corrected chi connectivity index (χ3v) is 5.60. The van der Waals surface area contributed by atoms with Crippen molar-refractivity contribution >= 4 is 5.69 Å². The maximum absolute atomic E-state index is 10.4. The van der Waals surface area contributed by atoms with E-state index in [1.807, 2.05) is 79.7 Å². The van der Waals surface area contributed by atoms with Crippen LogP contribution in [-0.2, 0) is 11.2 Å². The van der Waals surface area contributed by atoms with Gasteiger partial charge >= 0.3 is 6.01 Å². The van der Waals surface area contributed by atoms with E-state index in [4.69, 9.17) is 9.47 Å². The highest BCUT2D eigenvalue weighted by molar-refractivity contribution is 5.63. The van der Waals surface area contributed by atoms with Gasteiger partial charge in [0.05, 0.1) is 18.4 Å². The molecule has 0 radical (unpaired) electrons. The number of rotatable bonds is 12. The molecule has 2 N–H and O–H groups in total. The van der Waals surface area contributed by atoms with Crippen LogP contribution >= 0.6 is 0 Å². The standard InChI is InChI=1S/C28H32N4O3/c1-3-34-17-18-35-28-30-27(26-12-8-7-9-21(26)2)32(31-28)24-15-13-23(14-16-24)29-20-25(33)19-22-10-5-4-6-11-22/h4-16,25,29,33H,3,17-20H2,1-2H3/t25-/m0/s1. The SMILES string of the molecule is CCOCCOc1nc(-c2ccccc2C)n(-c2ccc(NC[C@@H](O)Cc3ccccc3)cc2)n1. The Bertz CT molecular complexity index is 1190. The summed E-state index contributed by atoms with van der Waals surface area (Å²) in [4.78, 5) is 4.66. The van der Waals surface area contributed by atoms with E-state index in [0.29, 0.717) is 44.6 Å². The van der Waals surface area contributed by atoms with Gasteiger partial charge in [-0.15, -0.1) is 5.10 Å². The molecule has 7 nitrogen and oxygen atoms in total. The predicted octanol–water partition coefficient (Wildman–Crippen LogP) is 4.67. The second-order valence-electron chi connectivity index (χ2n) is 8.26. The van der Waals surface area contributed by atoms with Gasteiger partial charge in [-0.25, -0.2) is 4.68 Å². The average molecular weight is 473 g/mol. The van der Waals surface area contributed by atoms with Crippen molar-refractivity contribution in [3.8, 4) is 23.1 Å². The number of aliphatic hydroxyl groups excluding tert-OH is 1. The zero-order valence-electron chi connectivity index (χ0n) is 20.2. The van der Waals surface area contributed by atoms with Crippen molar-refractivity contribution in [3.63, 3.8) is 0 Å². The first-order valence-electron chi connectivity index (χ1n) is 11.9. The molecule has 4 aromatic rings. The van der Waals surface area contributed by atoms with E-state index in [-0.39, 0.29) is 0 Å². The number of nitrogens with zero attached hydrogens (tertiary/aromatic N) is 3. The molecular formula is C28H32N4O3. The van der Waals surface area contributed by atoms with Gasteiger partial charge in [0.25, 0.3) is 0 Å². The molecule has 0 saturated heterocycles. The average Bonchev–Trinajstić information content (AvgIpc) is 3.30. The van der Waals surface area contributed by atoms with Crippen molar-refractivity contribution in [2.24, 2.45) is 0 Å². The summed E-state index contributed by atoms with van der Waals surface area (Å²) in [6.07, 6.45) is 0.132. The second kappa shape index (κ2) is 12.1. The number of nitrogens with one attached hydrogen (secondary N) is 1. The van der Waals surface area contributed by atoms with E-state index in [1.54, 1.807) is 4.68 Å². The largest absolute Gasteiger partial charge is 0.460 e. The van der Waals surface area contributed by atoms with Crippen LogP contribution in [0.3, 0.4) is 0 Å². The summed E-state index contributed by atoms with van der Waals surface area (Å²) in [6, 6.07) is 26.3. The Morgan fingerprint density at radius 2 is 1.69 bits per heavy atom. The molecular weight excluding hydrogens is 440 g/mol. The third-order valence-electron chi connectivity index (χ3n) is 5.60. The normalized spacial score (nSPS) is 11.9. The predicted molar refractivity (Wildman–Crippen MR) is 138 cm³/mol. The smallest absolute Gasteiger partial charge is 0.336 e. The van der Waals surface area contributed by atoms with E-state index in [9.17, 15) is 5.11 Å². The summed E-state index contributed by atoms with van der Waals surface area (Å²) >= 11 is 0. The van der Waals surface area contributed by atoms with Gasteiger partial charge in [-0.05, 0) is 49.2 Å². The lowest BCUT2D eigenvalue weighted by Crippen LogP contribution is -2.21. The minimum absolute atomic E-state index is 0.314. The van der Waals surface area contributed by atoms with Crippen LogP contribution in [0.25, 0.3) is 17.1 Å². The summed E-state index contributed by atoms with van der Waals surface area (Å²) in [7, 11) is 0. The maximum Gasteiger partial charge on any atom is 0.336 e. The van der Waals surface area contributed by atoms with Gasteiger partial charge in [0.15, 0.2) is 5.82 Å². The molecule has 4 rings (SSSR count). The van der Waals surface area contributed by atoms with E-state index >= 15 is 0 Å². The zero-order valence-corrected chi connectivity index (χ0v) is 20.2. The first-order chi connectivity index (χ1) is 17.1. The fourth-order valence-corrected chi connectivity index (χ4v) is 3.78. The van der Waals surface area contributed by atoms with Gasteiger partial charge in [0.1, 0.15) is 6.61 Å². The zero-order chi connectivity index (χ0) is 24.5. The molecule has 0 spiro atoms. The van der Waals surface area contributed by atoms with Gasteiger partial charge in [0.2, 0.25) is 0 Å². The van der Waals surface area contributed by atoms with Crippen molar-refractivity contribution in [3.05, 3.63) is 90.0 Å². The first-order valence-corrected chi connectivity index (χ1v) is 11.9. The summed E-state index contributed by atoms with van der Waals surface area (Å²) in [5.74, 6) is 0.716. The fourth-order valence-electron chi connectivity index (χ4n) is 3.78. The molecule has 1 aromatic heterocycles. The number of ether oxygens (including phenoxy) is 2. The van der Waals surface area contributed by atoms with Crippen LogP contribution in [0.5, 0.6) is 6.01 Å². The van der Waals surface area contributed by atoms with Crippen molar-refractivity contribution < 1.29 is 14.6 Å². The highest BCUT2D eigenvalue weighted by atomic mass is 16.5. The van der Waals surface area contributed by atoms with Crippen LogP contribution in [0.4, 0.5) is 5.69 Å². The number of aliphatic hydroxyl groups is 1. The molecule has 0 fully saturated rings. The molecule has 0 unspecified atom stereocenters. The number of aryl methyl sites for hydroxylation is 1. The quantitative estimate of drug-likeness (QED) is 0.292. The molecule has 35 heavy (non-hydrogen) atoms. The van der Waals surface area contributed by atoms with Crippen LogP contribution in [0.2, 0.25) is 0 Å². The molecule has 0 amide bonds. The van der Waals surface area contributed by atoms with Crippen LogP contribution in [0, 0.1) is 6.92 Å². The van der Waals surface area contributed by atoms with Crippen LogP contribution in [-0.4, -0.2) is 52.3 Å². The lowest BCUT2D eigenvalue weighted by molar-refractivity contribution is 0.106. The molecule has 0 aliphatic heterocycles. The molecule has 0 saturated carbocycles. The van der Waals surface area contributed by atoms with Crippen molar-refractivity contribution in [1.29, 1.82) is 0 Å². The molecule has 0 bridgehead atoms. The third kappa shape index (κ3) is 6.68. The van der Waals surface area contributed by atoms with Crippen molar-refractivity contribution in [1.82, 2.24) is 14.8 Å². The minimum atomic E-state index is -0.476. The monoisotopic (exact) mass is 472 g/mol. The van der Waals surface area contributed by atoms with Gasteiger partial charge in [0, 0.05) is 30.8 Å². The minimum Gasteiger partial charge on any atom is -0.460 e. The Morgan fingerprint density at radius 1 is 0.943 bits per heavy atom. The number of hydrogen-bond acceptors (Lipinski definition) is 6. The van der Waals surface area contributed by atoms with E-state index in [2.05, 4.69) is 28.4 Å². The van der Waals surface area contributed by atoms with E-state index < -0.39 is 6.10 Å². The van der Waals surface area contributed by atoms with Gasteiger partial charge in [-0.1, -0.05) is 54.6 Å². The molecule has 0 aliphatic carbocycles. The van der Waals surface area contributed by atoms with Gasteiger partial charge in [-0.3, -0.25) is 0 Å². The number of aromatic nitrogens is 3. The molecule has 3 aromatic carbocycles. The van der Waals surface area contributed by atoms with Crippen LogP contribution in [0.15, 0.2) is 78.9 Å². The summed E-state index contributed by atoms with van der Waals surface area (Å²) in [5.41, 5.74) is 5.00. The Balaban J connectivity index is 1.48. The molecule has 182 valence electrons. The first kappa shape index (κ1) is 24.4. The number of benzene rings is 3. The highest BCUT2D eigenvalue weighted by Gasteiger charge is 2.16. The summed E-state index contributed by atoms with van der Waals surface area (Å²) in [5, 5.41) is 18.3. The topological polar surface area (TPSA) is 81.4 Å². The van der Waals surface area contributed by atoms with Crippen molar-refractivity contribution in [2.75, 3.05) is 31.7 Å².